The summed E-state index contributed by atoms with van der Waals surface area (Å²) in [5, 5.41) is 5.02. The van der Waals surface area contributed by atoms with Gasteiger partial charge < -0.3 is 20.1 Å². The third-order valence-electron chi connectivity index (χ3n) is 5.00. The normalized spacial score (nSPS) is 17.3. The van der Waals surface area contributed by atoms with Gasteiger partial charge in [0.25, 0.3) is 0 Å². The fraction of sp³-hybridized carbons (Fsp3) is 0.579. The van der Waals surface area contributed by atoms with E-state index in [2.05, 4.69) is 58.5 Å². The summed E-state index contributed by atoms with van der Waals surface area (Å²) in [6.45, 7) is 7.01. The number of aromatic amines is 1. The van der Waals surface area contributed by atoms with Gasteiger partial charge in [0.05, 0.1) is 0 Å². The Balaban J connectivity index is 1.39. The molecule has 0 amide bonds. The summed E-state index contributed by atoms with van der Waals surface area (Å²) in [6.07, 6.45) is 4.68. The predicted molar refractivity (Wildman–Crippen MR) is 97.7 cm³/mol. The molecular weight excluding hydrogens is 284 g/mol. The Labute approximate surface area is 139 Å². The second-order valence-electron chi connectivity index (χ2n) is 7.08. The summed E-state index contributed by atoms with van der Waals surface area (Å²) < 4.78 is 0. The molecule has 0 atom stereocenters. The van der Waals surface area contributed by atoms with Crippen LogP contribution in [0.2, 0.25) is 0 Å². The Morgan fingerprint density at radius 3 is 2.83 bits per heavy atom. The van der Waals surface area contributed by atoms with Crippen LogP contribution in [0.15, 0.2) is 30.5 Å². The Morgan fingerprint density at radius 1 is 1.22 bits per heavy atom. The first-order chi connectivity index (χ1) is 11.2. The number of hydrogen-bond donors (Lipinski definition) is 2. The molecule has 0 unspecified atom stereocenters. The summed E-state index contributed by atoms with van der Waals surface area (Å²) in [4.78, 5) is 8.17. The van der Waals surface area contributed by atoms with E-state index in [-0.39, 0.29) is 0 Å². The lowest BCUT2D eigenvalue weighted by Gasteiger charge is -2.32. The molecular formula is C19H30N4. The molecule has 1 aromatic heterocycles. The average molecular weight is 314 g/mol. The first-order valence-corrected chi connectivity index (χ1v) is 8.85. The lowest BCUT2D eigenvalue weighted by Crippen LogP contribution is -2.40. The summed E-state index contributed by atoms with van der Waals surface area (Å²) in [5.74, 6) is 0.830. The number of likely N-dealkylation sites (tertiary alicyclic amines) is 1. The number of benzene rings is 1. The van der Waals surface area contributed by atoms with Gasteiger partial charge in [-0.2, -0.15) is 0 Å². The highest BCUT2D eigenvalue weighted by molar-refractivity contribution is 5.82. The molecule has 1 saturated heterocycles. The maximum Gasteiger partial charge on any atom is 0.0457 e. The van der Waals surface area contributed by atoms with Crippen LogP contribution in [0.5, 0.6) is 0 Å². The van der Waals surface area contributed by atoms with Gasteiger partial charge >= 0.3 is 0 Å². The minimum Gasteiger partial charge on any atom is -0.361 e. The van der Waals surface area contributed by atoms with Gasteiger partial charge in [0, 0.05) is 36.7 Å². The molecule has 2 N–H and O–H groups in total. The third kappa shape index (κ3) is 4.56. The van der Waals surface area contributed by atoms with E-state index in [1.165, 1.54) is 55.5 Å². The van der Waals surface area contributed by atoms with Crippen LogP contribution in [0.3, 0.4) is 0 Å². The molecule has 0 radical (unpaired) electrons. The number of H-pyrrole nitrogens is 1. The lowest BCUT2D eigenvalue weighted by atomic mass is 9.96. The van der Waals surface area contributed by atoms with E-state index in [1.54, 1.807) is 0 Å². The fourth-order valence-corrected chi connectivity index (χ4v) is 3.47. The van der Waals surface area contributed by atoms with E-state index >= 15 is 0 Å². The molecule has 0 spiro atoms. The van der Waals surface area contributed by atoms with Crippen molar-refractivity contribution in [3.05, 3.63) is 36.0 Å². The molecule has 2 aromatic rings. The third-order valence-corrected chi connectivity index (χ3v) is 5.00. The smallest absolute Gasteiger partial charge is 0.0457 e. The first-order valence-electron chi connectivity index (χ1n) is 8.85. The molecule has 2 heterocycles. The molecule has 1 aromatic carbocycles. The van der Waals surface area contributed by atoms with Crippen LogP contribution >= 0.6 is 0 Å². The monoisotopic (exact) mass is 314 g/mol. The Bertz CT molecular complexity index is 596. The van der Waals surface area contributed by atoms with Gasteiger partial charge in [0.15, 0.2) is 0 Å². The van der Waals surface area contributed by atoms with E-state index in [0.717, 1.165) is 19.0 Å². The molecule has 126 valence electrons. The second kappa shape index (κ2) is 7.95. The summed E-state index contributed by atoms with van der Waals surface area (Å²) in [6, 6.07) is 8.68. The van der Waals surface area contributed by atoms with Crippen LogP contribution in [0.25, 0.3) is 10.9 Å². The van der Waals surface area contributed by atoms with Crippen LogP contribution in [0.1, 0.15) is 18.4 Å². The Kier molecular flexibility index (Phi) is 5.70. The molecule has 3 rings (SSSR count). The summed E-state index contributed by atoms with van der Waals surface area (Å²) in [5.41, 5.74) is 2.63. The van der Waals surface area contributed by atoms with E-state index in [9.17, 15) is 0 Å². The van der Waals surface area contributed by atoms with Gasteiger partial charge in [-0.1, -0.05) is 12.1 Å². The van der Waals surface area contributed by atoms with Crippen LogP contribution in [-0.2, 0) is 6.54 Å². The van der Waals surface area contributed by atoms with Crippen molar-refractivity contribution in [3.63, 3.8) is 0 Å². The number of rotatable bonds is 7. The number of nitrogens with zero attached hydrogens (tertiary/aromatic N) is 2. The summed E-state index contributed by atoms with van der Waals surface area (Å²) >= 11 is 0. The van der Waals surface area contributed by atoms with Crippen molar-refractivity contribution in [2.45, 2.75) is 19.4 Å². The van der Waals surface area contributed by atoms with E-state index in [1.807, 2.05) is 6.20 Å². The molecule has 23 heavy (non-hydrogen) atoms. The number of piperidine rings is 1. The van der Waals surface area contributed by atoms with E-state index in [4.69, 9.17) is 0 Å². The maximum absolute atomic E-state index is 3.68. The largest absolute Gasteiger partial charge is 0.361 e. The van der Waals surface area contributed by atoms with E-state index < -0.39 is 0 Å². The molecule has 4 nitrogen and oxygen atoms in total. The molecule has 1 fully saturated rings. The zero-order chi connectivity index (χ0) is 16.1. The quantitative estimate of drug-likeness (QED) is 0.824. The minimum absolute atomic E-state index is 0.830. The van der Waals surface area contributed by atoms with Crippen LogP contribution in [0, 0.1) is 5.92 Å². The van der Waals surface area contributed by atoms with Crippen LogP contribution in [0.4, 0.5) is 0 Å². The molecule has 0 bridgehead atoms. The second-order valence-corrected chi connectivity index (χ2v) is 7.08. The highest BCUT2D eigenvalue weighted by Gasteiger charge is 2.18. The zero-order valence-electron chi connectivity index (χ0n) is 14.5. The molecule has 0 aliphatic carbocycles. The number of hydrogen-bond acceptors (Lipinski definition) is 3. The highest BCUT2D eigenvalue weighted by Crippen LogP contribution is 2.19. The van der Waals surface area contributed by atoms with Crippen LogP contribution in [-0.4, -0.2) is 61.6 Å². The van der Waals surface area contributed by atoms with Crippen molar-refractivity contribution in [2.24, 2.45) is 5.92 Å². The molecule has 1 aliphatic rings. The van der Waals surface area contributed by atoms with Crippen LogP contribution < -0.4 is 5.32 Å². The summed E-state index contributed by atoms with van der Waals surface area (Å²) in [7, 11) is 4.31. The van der Waals surface area contributed by atoms with Gasteiger partial charge in [-0.3, -0.25) is 0 Å². The van der Waals surface area contributed by atoms with Crippen molar-refractivity contribution in [1.29, 1.82) is 0 Å². The number of fused-ring (bicyclic) bond motifs is 1. The van der Waals surface area contributed by atoms with Gasteiger partial charge in [-0.25, -0.2) is 0 Å². The number of aromatic nitrogens is 1. The fourth-order valence-electron chi connectivity index (χ4n) is 3.47. The Hall–Kier alpha value is -1.36. The number of nitrogens with one attached hydrogen (secondary N) is 2. The Morgan fingerprint density at radius 2 is 2.04 bits per heavy atom. The molecule has 0 saturated carbocycles. The van der Waals surface area contributed by atoms with Gasteiger partial charge in [0.2, 0.25) is 0 Å². The molecule has 1 aliphatic heterocycles. The maximum atomic E-state index is 3.68. The average Bonchev–Trinajstić information content (AvgIpc) is 3.03. The lowest BCUT2D eigenvalue weighted by molar-refractivity contribution is 0.169. The first kappa shape index (κ1) is 16.5. The van der Waals surface area contributed by atoms with E-state index in [0.29, 0.717) is 0 Å². The highest BCUT2D eigenvalue weighted by atomic mass is 15.2. The minimum atomic E-state index is 0.830. The standard InChI is InChI=1S/C19H30N4/c1-22(2)12-13-23-10-7-16(8-11-23)14-20-15-17-4-3-5-19-18(17)6-9-21-19/h3-6,9,16,20-21H,7-8,10-15H2,1-2H3. The van der Waals surface area contributed by atoms with Crippen molar-refractivity contribution in [3.8, 4) is 0 Å². The zero-order valence-corrected chi connectivity index (χ0v) is 14.5. The number of likely N-dealkylation sites (N-methyl/N-ethyl adjacent to an activating group) is 1. The van der Waals surface area contributed by atoms with Crippen molar-refractivity contribution in [1.82, 2.24) is 20.1 Å². The molecule has 4 heteroatoms. The van der Waals surface area contributed by atoms with Gasteiger partial charge in [0.1, 0.15) is 0 Å². The van der Waals surface area contributed by atoms with Gasteiger partial charge in [-0.15, -0.1) is 0 Å². The van der Waals surface area contributed by atoms with Crippen molar-refractivity contribution in [2.75, 3.05) is 46.8 Å². The van der Waals surface area contributed by atoms with Crippen molar-refractivity contribution >= 4 is 10.9 Å². The predicted octanol–water partition coefficient (Wildman–Crippen LogP) is 2.53. The van der Waals surface area contributed by atoms with Gasteiger partial charge in [-0.05, 0) is 70.2 Å². The SMILES string of the molecule is CN(C)CCN1CCC(CNCc2cccc3[nH]ccc23)CC1. The van der Waals surface area contributed by atoms with Crippen molar-refractivity contribution < 1.29 is 0 Å². The topological polar surface area (TPSA) is 34.3 Å².